The molecule has 1 aromatic carbocycles. The number of carbonyl (C=O) groups is 1. The second-order valence-electron chi connectivity index (χ2n) is 6.44. The molecule has 1 saturated heterocycles. The van der Waals surface area contributed by atoms with E-state index in [1.54, 1.807) is 36.1 Å². The zero-order valence-corrected chi connectivity index (χ0v) is 14.5. The first-order valence-corrected chi connectivity index (χ1v) is 8.52. The number of piperidine rings is 1. The second-order valence-corrected chi connectivity index (χ2v) is 6.44. The molecule has 5 nitrogen and oxygen atoms in total. The summed E-state index contributed by atoms with van der Waals surface area (Å²) in [6.45, 7) is 5.33. The molecule has 1 aliphatic heterocycles. The van der Waals surface area contributed by atoms with Crippen LogP contribution in [0.15, 0.2) is 30.3 Å². The first-order valence-electron chi connectivity index (χ1n) is 8.52. The van der Waals surface area contributed by atoms with Gasteiger partial charge in [-0.15, -0.1) is 0 Å². The van der Waals surface area contributed by atoms with Crippen LogP contribution in [-0.4, -0.2) is 40.5 Å². The maximum atomic E-state index is 13.6. The first kappa shape index (κ1) is 17.3. The summed E-state index contributed by atoms with van der Waals surface area (Å²) in [6, 6.07) is 8.10. The first-order chi connectivity index (χ1) is 12.0. The number of benzene rings is 1. The number of nitrogens with zero attached hydrogens (tertiary/aromatic N) is 3. The van der Waals surface area contributed by atoms with E-state index < -0.39 is 0 Å². The molecule has 0 spiro atoms. The number of amides is 1. The molecule has 25 heavy (non-hydrogen) atoms. The molecule has 1 fully saturated rings. The lowest BCUT2D eigenvalue weighted by Gasteiger charge is -2.32. The third-order valence-electron chi connectivity index (χ3n) is 4.30. The number of aryl methyl sites for hydroxylation is 2. The van der Waals surface area contributed by atoms with Crippen LogP contribution in [0, 0.1) is 25.6 Å². The molecule has 1 amide bonds. The van der Waals surface area contributed by atoms with Gasteiger partial charge in [0.2, 0.25) is 0 Å². The van der Waals surface area contributed by atoms with E-state index in [4.69, 9.17) is 4.74 Å². The molecule has 2 aromatic rings. The number of halogens is 1. The Morgan fingerprint density at radius 1 is 1.32 bits per heavy atom. The van der Waals surface area contributed by atoms with Crippen LogP contribution in [0.1, 0.15) is 34.8 Å². The van der Waals surface area contributed by atoms with Gasteiger partial charge in [-0.3, -0.25) is 4.79 Å². The molecule has 0 bridgehead atoms. The number of hydrogen-bond donors (Lipinski definition) is 0. The van der Waals surface area contributed by atoms with Crippen LogP contribution in [0.25, 0.3) is 0 Å². The molecule has 1 aliphatic rings. The van der Waals surface area contributed by atoms with E-state index in [1.165, 1.54) is 6.07 Å². The smallest absolute Gasteiger partial charge is 0.272 e. The summed E-state index contributed by atoms with van der Waals surface area (Å²) >= 11 is 0. The molecule has 3 rings (SSSR count). The van der Waals surface area contributed by atoms with Crippen molar-refractivity contribution >= 4 is 5.91 Å². The van der Waals surface area contributed by atoms with Crippen molar-refractivity contribution in [3.05, 3.63) is 53.4 Å². The summed E-state index contributed by atoms with van der Waals surface area (Å²) in [7, 11) is 0. The van der Waals surface area contributed by atoms with E-state index in [9.17, 15) is 9.18 Å². The third kappa shape index (κ3) is 4.32. The molecule has 0 unspecified atom stereocenters. The Morgan fingerprint density at radius 3 is 2.88 bits per heavy atom. The number of rotatable bonds is 4. The minimum absolute atomic E-state index is 0.0795. The van der Waals surface area contributed by atoms with Crippen LogP contribution < -0.4 is 4.74 Å². The largest absolute Gasteiger partial charge is 0.490 e. The molecule has 132 valence electrons. The standard InChI is InChI=1S/C19H22FN3O2/c1-13-10-17(22-14(2)21-13)19(24)23-9-5-6-15(11-23)12-25-18-8-4-3-7-16(18)20/h3-4,7-8,10,15H,5-6,9,11-12H2,1-2H3/t15-/m0/s1. The topological polar surface area (TPSA) is 55.3 Å². The summed E-state index contributed by atoms with van der Waals surface area (Å²) in [5, 5.41) is 0. The number of ether oxygens (including phenoxy) is 1. The molecule has 0 saturated carbocycles. The highest BCUT2D eigenvalue weighted by atomic mass is 19.1. The highest BCUT2D eigenvalue weighted by Gasteiger charge is 2.26. The average molecular weight is 343 g/mol. The van der Waals surface area contributed by atoms with Gasteiger partial charge < -0.3 is 9.64 Å². The summed E-state index contributed by atoms with van der Waals surface area (Å²) in [5.74, 6) is 0.594. The molecule has 0 aliphatic carbocycles. The maximum absolute atomic E-state index is 13.6. The van der Waals surface area contributed by atoms with Gasteiger partial charge in [0, 0.05) is 24.7 Å². The molecule has 1 atom stereocenters. The highest BCUT2D eigenvalue weighted by molar-refractivity contribution is 5.92. The second kappa shape index (κ2) is 7.59. The van der Waals surface area contributed by atoms with Crippen LogP contribution in [0.5, 0.6) is 5.75 Å². The number of hydrogen-bond acceptors (Lipinski definition) is 4. The van der Waals surface area contributed by atoms with Crippen molar-refractivity contribution in [2.24, 2.45) is 5.92 Å². The summed E-state index contributed by atoms with van der Waals surface area (Å²) in [6.07, 6.45) is 1.86. The Labute approximate surface area is 146 Å². The number of likely N-dealkylation sites (tertiary alicyclic amines) is 1. The Bertz CT molecular complexity index is 746. The summed E-state index contributed by atoms with van der Waals surface area (Å²) in [5.41, 5.74) is 1.22. The Hall–Kier alpha value is -2.50. The molecular formula is C19H22FN3O2. The number of carbonyl (C=O) groups excluding carboxylic acids is 1. The minimum atomic E-state index is -0.363. The number of para-hydroxylation sites is 1. The van der Waals surface area contributed by atoms with Crippen LogP contribution >= 0.6 is 0 Å². The fraction of sp³-hybridized carbons (Fsp3) is 0.421. The molecule has 2 heterocycles. The monoisotopic (exact) mass is 343 g/mol. The van der Waals surface area contributed by atoms with E-state index >= 15 is 0 Å². The van der Waals surface area contributed by atoms with Crippen molar-refractivity contribution in [3.63, 3.8) is 0 Å². The van der Waals surface area contributed by atoms with E-state index in [1.807, 2.05) is 6.92 Å². The third-order valence-corrected chi connectivity index (χ3v) is 4.30. The van der Waals surface area contributed by atoms with Crippen LogP contribution in [0.2, 0.25) is 0 Å². The van der Waals surface area contributed by atoms with Crippen LogP contribution in [-0.2, 0) is 0 Å². The fourth-order valence-corrected chi connectivity index (χ4v) is 3.14. The van der Waals surface area contributed by atoms with Gasteiger partial charge >= 0.3 is 0 Å². The predicted molar refractivity (Wildman–Crippen MR) is 92.0 cm³/mol. The Morgan fingerprint density at radius 2 is 2.12 bits per heavy atom. The van der Waals surface area contributed by atoms with Gasteiger partial charge in [0.05, 0.1) is 6.61 Å². The lowest BCUT2D eigenvalue weighted by atomic mass is 9.98. The molecular weight excluding hydrogens is 321 g/mol. The molecule has 1 aromatic heterocycles. The van der Waals surface area contributed by atoms with Gasteiger partial charge in [0.15, 0.2) is 11.6 Å². The fourth-order valence-electron chi connectivity index (χ4n) is 3.14. The minimum Gasteiger partial charge on any atom is -0.490 e. The molecule has 0 radical (unpaired) electrons. The van der Waals surface area contributed by atoms with Gasteiger partial charge in [-0.05, 0) is 44.9 Å². The van der Waals surface area contributed by atoms with Crippen molar-refractivity contribution in [1.29, 1.82) is 0 Å². The van der Waals surface area contributed by atoms with E-state index in [0.29, 0.717) is 31.2 Å². The van der Waals surface area contributed by atoms with Gasteiger partial charge in [-0.2, -0.15) is 0 Å². The van der Waals surface area contributed by atoms with Gasteiger partial charge in [0.25, 0.3) is 5.91 Å². The van der Waals surface area contributed by atoms with Crippen LogP contribution in [0.4, 0.5) is 4.39 Å². The zero-order valence-electron chi connectivity index (χ0n) is 14.5. The highest BCUT2D eigenvalue weighted by Crippen LogP contribution is 2.21. The van der Waals surface area contributed by atoms with E-state index in [0.717, 1.165) is 18.5 Å². The zero-order chi connectivity index (χ0) is 17.8. The van der Waals surface area contributed by atoms with Crippen molar-refractivity contribution in [1.82, 2.24) is 14.9 Å². The Balaban J connectivity index is 1.62. The van der Waals surface area contributed by atoms with Gasteiger partial charge in [-0.25, -0.2) is 14.4 Å². The summed E-state index contributed by atoms with van der Waals surface area (Å²) in [4.78, 5) is 23.0. The summed E-state index contributed by atoms with van der Waals surface area (Å²) < 4.78 is 19.3. The predicted octanol–water partition coefficient (Wildman–Crippen LogP) is 3.16. The van der Waals surface area contributed by atoms with Crippen molar-refractivity contribution in [2.45, 2.75) is 26.7 Å². The SMILES string of the molecule is Cc1cc(C(=O)N2CCC[C@H](COc3ccccc3F)C2)nc(C)n1. The molecule has 0 N–H and O–H groups in total. The quantitative estimate of drug-likeness (QED) is 0.856. The van der Waals surface area contributed by atoms with Crippen molar-refractivity contribution in [2.75, 3.05) is 19.7 Å². The average Bonchev–Trinajstić information content (AvgIpc) is 2.60. The normalized spacial score (nSPS) is 17.4. The van der Waals surface area contributed by atoms with Crippen LogP contribution in [0.3, 0.4) is 0 Å². The molecule has 6 heteroatoms. The van der Waals surface area contributed by atoms with Gasteiger partial charge in [-0.1, -0.05) is 12.1 Å². The van der Waals surface area contributed by atoms with Crippen molar-refractivity contribution in [3.8, 4) is 5.75 Å². The lowest BCUT2D eigenvalue weighted by Crippen LogP contribution is -2.42. The maximum Gasteiger partial charge on any atom is 0.272 e. The van der Waals surface area contributed by atoms with Gasteiger partial charge in [0.1, 0.15) is 11.5 Å². The Kier molecular flexibility index (Phi) is 5.26. The number of aromatic nitrogens is 2. The van der Waals surface area contributed by atoms with E-state index in [-0.39, 0.29) is 23.4 Å². The van der Waals surface area contributed by atoms with Crippen molar-refractivity contribution < 1.29 is 13.9 Å². The van der Waals surface area contributed by atoms with E-state index in [2.05, 4.69) is 9.97 Å². The lowest BCUT2D eigenvalue weighted by molar-refractivity contribution is 0.0625.